The Morgan fingerprint density at radius 2 is 2.10 bits per heavy atom. The number of rotatable bonds is 9. The number of nitrogens with zero attached hydrogens (tertiary/aromatic N) is 1. The van der Waals surface area contributed by atoms with Gasteiger partial charge in [-0.05, 0) is 31.7 Å². The normalized spacial score (nSPS) is 12.4. The molecular formula is C13H24N4O2S2. The molecule has 0 aliphatic carbocycles. The van der Waals surface area contributed by atoms with Crippen LogP contribution in [0.15, 0.2) is 22.5 Å². The summed E-state index contributed by atoms with van der Waals surface area (Å²) < 4.78 is 25.1. The van der Waals surface area contributed by atoms with Gasteiger partial charge in [0.05, 0.1) is 12.3 Å². The lowest BCUT2D eigenvalue weighted by molar-refractivity contribution is 0.579. The number of guanidine groups is 1. The molecule has 120 valence electrons. The van der Waals surface area contributed by atoms with Crippen molar-refractivity contribution in [3.8, 4) is 0 Å². The number of hydrogen-bond donors (Lipinski definition) is 3. The molecule has 1 heterocycles. The van der Waals surface area contributed by atoms with Gasteiger partial charge >= 0.3 is 0 Å². The first kappa shape index (κ1) is 17.9. The van der Waals surface area contributed by atoms with E-state index in [9.17, 15) is 8.42 Å². The molecule has 21 heavy (non-hydrogen) atoms. The van der Waals surface area contributed by atoms with E-state index < -0.39 is 10.0 Å². The average molecular weight is 332 g/mol. The molecule has 1 aromatic rings. The second-order valence-corrected chi connectivity index (χ2v) is 7.48. The zero-order valence-electron chi connectivity index (χ0n) is 12.6. The van der Waals surface area contributed by atoms with E-state index in [1.54, 1.807) is 18.3 Å². The Labute approximate surface area is 131 Å². The van der Waals surface area contributed by atoms with Gasteiger partial charge in [0.25, 0.3) is 0 Å². The van der Waals surface area contributed by atoms with Gasteiger partial charge in [-0.2, -0.15) is 0 Å². The van der Waals surface area contributed by atoms with E-state index in [1.165, 1.54) is 4.88 Å². The van der Waals surface area contributed by atoms with E-state index in [2.05, 4.69) is 26.4 Å². The topological polar surface area (TPSA) is 82.6 Å². The van der Waals surface area contributed by atoms with Crippen LogP contribution in [0.1, 0.15) is 25.1 Å². The zero-order valence-corrected chi connectivity index (χ0v) is 14.2. The monoisotopic (exact) mass is 332 g/mol. The highest BCUT2D eigenvalue weighted by Crippen LogP contribution is 2.09. The fourth-order valence-corrected chi connectivity index (χ4v) is 2.81. The van der Waals surface area contributed by atoms with E-state index in [4.69, 9.17) is 0 Å². The third kappa shape index (κ3) is 8.03. The molecule has 0 saturated carbocycles. The first-order valence-electron chi connectivity index (χ1n) is 7.09. The molecule has 3 N–H and O–H groups in total. The minimum absolute atomic E-state index is 0.116. The molecule has 0 aliphatic heterocycles. The minimum Gasteiger partial charge on any atom is -0.357 e. The van der Waals surface area contributed by atoms with Gasteiger partial charge in [-0.1, -0.05) is 6.07 Å². The minimum atomic E-state index is -3.09. The fourth-order valence-electron chi connectivity index (χ4n) is 1.53. The lowest BCUT2D eigenvalue weighted by Crippen LogP contribution is -2.38. The predicted molar refractivity (Wildman–Crippen MR) is 89.2 cm³/mol. The molecule has 6 nitrogen and oxygen atoms in total. The first-order chi connectivity index (χ1) is 10.1. The maximum atomic E-state index is 11.3. The van der Waals surface area contributed by atoms with Crippen LogP contribution in [0.25, 0.3) is 0 Å². The van der Waals surface area contributed by atoms with Gasteiger partial charge in [0, 0.05) is 24.5 Å². The summed E-state index contributed by atoms with van der Waals surface area (Å²) in [6.07, 6.45) is 0.711. The highest BCUT2D eigenvalue weighted by atomic mass is 32.2. The maximum absolute atomic E-state index is 11.3. The highest BCUT2D eigenvalue weighted by Gasteiger charge is 2.04. The number of nitrogens with one attached hydrogen (secondary N) is 3. The van der Waals surface area contributed by atoms with Crippen molar-refractivity contribution in [2.45, 2.75) is 26.8 Å². The van der Waals surface area contributed by atoms with Crippen molar-refractivity contribution < 1.29 is 8.42 Å². The summed E-state index contributed by atoms with van der Waals surface area (Å²) in [7, 11) is -3.09. The van der Waals surface area contributed by atoms with Crippen LogP contribution in [-0.2, 0) is 16.6 Å². The van der Waals surface area contributed by atoms with Crippen LogP contribution >= 0.6 is 11.3 Å². The van der Waals surface area contributed by atoms with Gasteiger partial charge in [-0.3, -0.25) is 0 Å². The van der Waals surface area contributed by atoms with Gasteiger partial charge in [0.2, 0.25) is 10.0 Å². The van der Waals surface area contributed by atoms with E-state index in [-0.39, 0.29) is 5.75 Å². The van der Waals surface area contributed by atoms with E-state index in [0.717, 1.165) is 12.5 Å². The van der Waals surface area contributed by atoms with Crippen LogP contribution in [0.4, 0.5) is 0 Å². The van der Waals surface area contributed by atoms with Crippen molar-refractivity contribution in [1.29, 1.82) is 0 Å². The van der Waals surface area contributed by atoms with Crippen LogP contribution < -0.4 is 15.4 Å². The number of hydrogen-bond acceptors (Lipinski definition) is 4. The largest absolute Gasteiger partial charge is 0.357 e. The highest BCUT2D eigenvalue weighted by molar-refractivity contribution is 7.89. The van der Waals surface area contributed by atoms with Crippen molar-refractivity contribution in [1.82, 2.24) is 15.4 Å². The van der Waals surface area contributed by atoms with Crippen molar-refractivity contribution in [3.63, 3.8) is 0 Å². The molecule has 0 fully saturated rings. The van der Waals surface area contributed by atoms with E-state index >= 15 is 0 Å². The van der Waals surface area contributed by atoms with Crippen molar-refractivity contribution in [3.05, 3.63) is 22.4 Å². The van der Waals surface area contributed by atoms with Crippen molar-refractivity contribution in [2.75, 3.05) is 25.4 Å². The smallest absolute Gasteiger partial charge is 0.211 e. The summed E-state index contributed by atoms with van der Waals surface area (Å²) in [4.78, 5) is 5.70. The Hall–Kier alpha value is -1.12. The summed E-state index contributed by atoms with van der Waals surface area (Å²) in [5.74, 6) is 0.870. The lowest BCUT2D eigenvalue weighted by Gasteiger charge is -2.11. The van der Waals surface area contributed by atoms with Crippen molar-refractivity contribution in [2.24, 2.45) is 4.99 Å². The first-order valence-corrected chi connectivity index (χ1v) is 9.62. The maximum Gasteiger partial charge on any atom is 0.211 e. The fraction of sp³-hybridized carbons (Fsp3) is 0.615. The molecule has 8 heteroatoms. The predicted octanol–water partition coefficient (Wildman–Crippen LogP) is 1.13. The van der Waals surface area contributed by atoms with Gasteiger partial charge in [-0.25, -0.2) is 18.1 Å². The van der Waals surface area contributed by atoms with Crippen molar-refractivity contribution >= 4 is 27.3 Å². The van der Waals surface area contributed by atoms with Crippen LogP contribution in [0.2, 0.25) is 0 Å². The van der Waals surface area contributed by atoms with Crippen LogP contribution in [-0.4, -0.2) is 39.8 Å². The van der Waals surface area contributed by atoms with Gasteiger partial charge in [0.15, 0.2) is 5.96 Å². The molecule has 0 atom stereocenters. The molecule has 0 aromatic carbocycles. The Kier molecular flexibility index (Phi) is 8.33. The molecule has 1 rings (SSSR count). The lowest BCUT2D eigenvalue weighted by atomic mass is 10.4. The second kappa shape index (κ2) is 9.75. The average Bonchev–Trinajstić information content (AvgIpc) is 2.97. The Balaban J connectivity index is 2.29. The summed E-state index contributed by atoms with van der Waals surface area (Å²) in [6.45, 7) is 6.18. The Bertz CT molecular complexity index is 512. The molecule has 0 spiro atoms. The van der Waals surface area contributed by atoms with Gasteiger partial charge < -0.3 is 10.6 Å². The molecule has 0 unspecified atom stereocenters. The molecule has 0 aliphatic rings. The summed E-state index contributed by atoms with van der Waals surface area (Å²) in [5.41, 5.74) is 0. The van der Waals surface area contributed by atoms with Crippen LogP contribution in [0.5, 0.6) is 0 Å². The van der Waals surface area contributed by atoms with E-state index in [0.29, 0.717) is 26.1 Å². The molecule has 0 radical (unpaired) electrons. The summed E-state index contributed by atoms with van der Waals surface area (Å²) in [6, 6.07) is 4.06. The third-order valence-electron chi connectivity index (χ3n) is 2.67. The zero-order chi connectivity index (χ0) is 15.6. The number of sulfonamides is 1. The van der Waals surface area contributed by atoms with Crippen LogP contribution in [0, 0.1) is 0 Å². The molecule has 1 aromatic heterocycles. The molecule has 0 saturated heterocycles. The van der Waals surface area contributed by atoms with Crippen LogP contribution in [0.3, 0.4) is 0 Å². The van der Waals surface area contributed by atoms with Gasteiger partial charge in [0.1, 0.15) is 0 Å². The number of thiophene rings is 1. The quantitative estimate of drug-likeness (QED) is 0.360. The summed E-state index contributed by atoms with van der Waals surface area (Å²) in [5, 5.41) is 8.40. The Morgan fingerprint density at radius 3 is 2.71 bits per heavy atom. The Morgan fingerprint density at radius 1 is 1.29 bits per heavy atom. The van der Waals surface area contributed by atoms with Gasteiger partial charge in [-0.15, -0.1) is 11.3 Å². The second-order valence-electron chi connectivity index (χ2n) is 4.35. The molecular weight excluding hydrogens is 308 g/mol. The third-order valence-corrected chi connectivity index (χ3v) is 4.93. The summed E-state index contributed by atoms with van der Waals surface area (Å²) >= 11 is 1.68. The molecule has 0 bridgehead atoms. The van der Waals surface area contributed by atoms with E-state index in [1.807, 2.05) is 18.4 Å². The number of aliphatic imine (C=N–C) groups is 1. The SMILES string of the molecule is CCNC(=NCc1cccs1)NCCCNS(=O)(=O)CC. The standard InChI is InChI=1S/C13H24N4O2S2/c1-3-14-13(16-11-12-7-5-10-20-12)15-8-6-9-17-21(18,19)4-2/h5,7,10,17H,3-4,6,8-9,11H2,1-2H3,(H2,14,15,16). The molecule has 0 amide bonds.